The van der Waals surface area contributed by atoms with Gasteiger partial charge in [-0.15, -0.1) is 24.0 Å². The fraction of sp³-hybridized carbons (Fsp3) is 0.500. The van der Waals surface area contributed by atoms with Crippen molar-refractivity contribution in [3.63, 3.8) is 0 Å². The molecule has 1 fully saturated rings. The lowest BCUT2D eigenvalue weighted by molar-refractivity contribution is 0.273. The van der Waals surface area contributed by atoms with Gasteiger partial charge in [-0.25, -0.2) is 4.68 Å². The summed E-state index contributed by atoms with van der Waals surface area (Å²) >= 11 is 0. The first kappa shape index (κ1) is 24.9. The van der Waals surface area contributed by atoms with Crippen molar-refractivity contribution in [2.24, 2.45) is 10.7 Å². The SMILES string of the molecule is CCN1CCCC1CN=C(N)NCCCc1nn(-c2ccc(C)cc2)c(N)c1C#N.I. The monoisotopic (exact) mass is 536 g/mol. The first-order valence-corrected chi connectivity index (χ1v) is 10.7. The number of nitriles is 1. The first-order chi connectivity index (χ1) is 14.5. The highest BCUT2D eigenvalue weighted by Gasteiger charge is 2.22. The molecule has 0 spiro atoms. The molecule has 3 rings (SSSR count). The van der Waals surface area contributed by atoms with Gasteiger partial charge in [0.05, 0.1) is 17.9 Å². The second kappa shape index (κ2) is 11.9. The third kappa shape index (κ3) is 6.33. The number of rotatable bonds is 8. The van der Waals surface area contributed by atoms with Gasteiger partial charge in [-0.05, 0) is 57.8 Å². The number of nitrogens with two attached hydrogens (primary N) is 2. The third-order valence-electron chi connectivity index (χ3n) is 5.66. The highest BCUT2D eigenvalue weighted by Crippen LogP contribution is 2.22. The molecule has 0 saturated carbocycles. The van der Waals surface area contributed by atoms with Crippen molar-refractivity contribution in [3.05, 3.63) is 41.1 Å². The maximum absolute atomic E-state index is 9.52. The van der Waals surface area contributed by atoms with Crippen LogP contribution in [0.15, 0.2) is 29.3 Å². The molecule has 0 bridgehead atoms. The normalized spacial score (nSPS) is 16.7. The smallest absolute Gasteiger partial charge is 0.188 e. The van der Waals surface area contributed by atoms with Gasteiger partial charge in [-0.1, -0.05) is 24.6 Å². The average molecular weight is 536 g/mol. The molecule has 1 atom stereocenters. The number of hydrogen-bond donors (Lipinski definition) is 3. The lowest BCUT2D eigenvalue weighted by Gasteiger charge is -2.20. The van der Waals surface area contributed by atoms with Crippen LogP contribution >= 0.6 is 24.0 Å². The van der Waals surface area contributed by atoms with Crippen molar-refractivity contribution in [2.45, 2.75) is 45.6 Å². The van der Waals surface area contributed by atoms with Crippen molar-refractivity contribution in [3.8, 4) is 11.8 Å². The van der Waals surface area contributed by atoms with E-state index >= 15 is 0 Å². The number of nitrogen functional groups attached to an aromatic ring is 1. The van der Waals surface area contributed by atoms with Gasteiger partial charge in [0.2, 0.25) is 0 Å². The molecule has 0 radical (unpaired) electrons. The molecule has 1 aromatic carbocycles. The number of aliphatic imine (C=N–C) groups is 1. The van der Waals surface area contributed by atoms with Gasteiger partial charge in [-0.3, -0.25) is 9.89 Å². The number of aryl methyl sites for hydroxylation is 2. The number of nitrogens with zero attached hydrogens (tertiary/aromatic N) is 5. The van der Waals surface area contributed by atoms with E-state index in [-0.39, 0.29) is 24.0 Å². The summed E-state index contributed by atoms with van der Waals surface area (Å²) in [4.78, 5) is 6.95. The van der Waals surface area contributed by atoms with Crippen molar-refractivity contribution < 1.29 is 0 Å². The van der Waals surface area contributed by atoms with Crippen molar-refractivity contribution in [1.29, 1.82) is 5.26 Å². The Balaban J connectivity index is 0.00000341. The van der Waals surface area contributed by atoms with Crippen LogP contribution in [0.5, 0.6) is 0 Å². The largest absolute Gasteiger partial charge is 0.382 e. The highest BCUT2D eigenvalue weighted by atomic mass is 127. The zero-order valence-corrected chi connectivity index (χ0v) is 20.7. The molecule has 1 aromatic heterocycles. The molecule has 1 aliphatic rings. The lowest BCUT2D eigenvalue weighted by Crippen LogP contribution is -2.36. The minimum atomic E-state index is 0. The zero-order valence-electron chi connectivity index (χ0n) is 18.3. The van der Waals surface area contributed by atoms with E-state index in [1.165, 1.54) is 12.8 Å². The van der Waals surface area contributed by atoms with Crippen LogP contribution in [-0.2, 0) is 6.42 Å². The van der Waals surface area contributed by atoms with Gasteiger partial charge >= 0.3 is 0 Å². The molecule has 2 heterocycles. The molecule has 168 valence electrons. The topological polar surface area (TPSA) is 121 Å². The number of halogens is 1. The van der Waals surface area contributed by atoms with Gasteiger partial charge in [0.1, 0.15) is 17.5 Å². The van der Waals surface area contributed by atoms with Crippen LogP contribution in [0.3, 0.4) is 0 Å². The minimum absolute atomic E-state index is 0. The summed E-state index contributed by atoms with van der Waals surface area (Å²) in [6.07, 6.45) is 3.84. The minimum Gasteiger partial charge on any atom is -0.382 e. The molecule has 2 aromatic rings. The van der Waals surface area contributed by atoms with Gasteiger partial charge in [0, 0.05) is 12.6 Å². The summed E-state index contributed by atoms with van der Waals surface area (Å²) < 4.78 is 1.64. The molecule has 0 amide bonds. The van der Waals surface area contributed by atoms with E-state index in [2.05, 4.69) is 33.3 Å². The number of guanidine groups is 1. The van der Waals surface area contributed by atoms with Crippen molar-refractivity contribution in [2.75, 3.05) is 31.9 Å². The summed E-state index contributed by atoms with van der Waals surface area (Å²) in [6, 6.07) is 10.6. The van der Waals surface area contributed by atoms with E-state index in [9.17, 15) is 5.26 Å². The molecular formula is C22H33IN8. The molecule has 8 nitrogen and oxygen atoms in total. The quantitative estimate of drug-likeness (QED) is 0.207. The standard InChI is InChI=1S/C22H32N8.HI/c1-3-29-13-5-6-18(29)15-27-22(25)26-12-4-7-20-19(14-23)21(24)30(28-20)17-10-8-16(2)9-11-17;/h8-11,18H,3-7,12-13,15,24H2,1-2H3,(H3,25,26,27);1H. The Labute approximate surface area is 201 Å². The van der Waals surface area contributed by atoms with Crippen LogP contribution in [-0.4, -0.2) is 52.9 Å². The average Bonchev–Trinajstić information content (AvgIpc) is 3.33. The summed E-state index contributed by atoms with van der Waals surface area (Å²) in [5.74, 6) is 0.852. The Hall–Kier alpha value is -2.32. The predicted octanol–water partition coefficient (Wildman–Crippen LogP) is 2.57. The van der Waals surface area contributed by atoms with Crippen LogP contribution < -0.4 is 16.8 Å². The Morgan fingerprint density at radius 2 is 2.10 bits per heavy atom. The Morgan fingerprint density at radius 3 is 2.77 bits per heavy atom. The number of benzene rings is 1. The lowest BCUT2D eigenvalue weighted by atomic mass is 10.1. The second-order valence-corrected chi connectivity index (χ2v) is 7.75. The van der Waals surface area contributed by atoms with Crippen molar-refractivity contribution in [1.82, 2.24) is 20.0 Å². The molecule has 1 saturated heterocycles. The Kier molecular flexibility index (Phi) is 9.58. The first-order valence-electron chi connectivity index (χ1n) is 10.7. The number of aromatic nitrogens is 2. The van der Waals surface area contributed by atoms with E-state index in [4.69, 9.17) is 11.5 Å². The van der Waals surface area contributed by atoms with E-state index in [1.807, 2.05) is 31.2 Å². The summed E-state index contributed by atoms with van der Waals surface area (Å²) in [7, 11) is 0. The number of hydrogen-bond acceptors (Lipinski definition) is 5. The van der Waals surface area contributed by atoms with Crippen LogP contribution in [0.4, 0.5) is 5.82 Å². The van der Waals surface area contributed by atoms with E-state index in [0.717, 1.165) is 37.3 Å². The molecule has 5 N–H and O–H groups in total. The summed E-state index contributed by atoms with van der Waals surface area (Å²) in [5.41, 5.74) is 15.4. The molecule has 0 aliphatic carbocycles. The van der Waals surface area contributed by atoms with Crippen molar-refractivity contribution >= 4 is 35.8 Å². The Bertz CT molecular complexity index is 913. The fourth-order valence-electron chi connectivity index (χ4n) is 3.91. The molecule has 1 unspecified atom stereocenters. The predicted molar refractivity (Wildman–Crippen MR) is 136 cm³/mol. The number of nitrogens with one attached hydrogen (secondary N) is 1. The number of likely N-dealkylation sites (tertiary alicyclic amines) is 1. The van der Waals surface area contributed by atoms with Crippen LogP contribution in [0.1, 0.15) is 43.0 Å². The third-order valence-corrected chi connectivity index (χ3v) is 5.66. The number of anilines is 1. The maximum Gasteiger partial charge on any atom is 0.188 e. The molecule has 9 heteroatoms. The van der Waals surface area contributed by atoms with Crippen LogP contribution in [0, 0.1) is 18.3 Å². The van der Waals surface area contributed by atoms with Gasteiger partial charge in [0.15, 0.2) is 5.96 Å². The molecule has 1 aliphatic heterocycles. The number of likely N-dealkylation sites (N-methyl/N-ethyl adjacent to an activating group) is 1. The zero-order chi connectivity index (χ0) is 21.5. The highest BCUT2D eigenvalue weighted by molar-refractivity contribution is 14.0. The van der Waals surface area contributed by atoms with E-state index < -0.39 is 0 Å². The second-order valence-electron chi connectivity index (χ2n) is 7.75. The Morgan fingerprint density at radius 1 is 1.35 bits per heavy atom. The van der Waals surface area contributed by atoms with Crippen LogP contribution in [0.25, 0.3) is 5.69 Å². The molecule has 31 heavy (non-hydrogen) atoms. The van der Waals surface area contributed by atoms with Gasteiger partial charge in [0.25, 0.3) is 0 Å². The fourth-order valence-corrected chi connectivity index (χ4v) is 3.91. The molecular weight excluding hydrogens is 503 g/mol. The van der Waals surface area contributed by atoms with E-state index in [0.29, 0.717) is 42.0 Å². The van der Waals surface area contributed by atoms with Gasteiger partial charge < -0.3 is 16.8 Å². The summed E-state index contributed by atoms with van der Waals surface area (Å²) in [5, 5.41) is 17.3. The van der Waals surface area contributed by atoms with E-state index in [1.54, 1.807) is 4.68 Å². The summed E-state index contributed by atoms with van der Waals surface area (Å²) in [6.45, 7) is 7.84. The van der Waals surface area contributed by atoms with Crippen LogP contribution in [0.2, 0.25) is 0 Å². The maximum atomic E-state index is 9.52. The van der Waals surface area contributed by atoms with Gasteiger partial charge in [-0.2, -0.15) is 10.4 Å².